The third-order valence-corrected chi connectivity index (χ3v) is 1.73. The summed E-state index contributed by atoms with van der Waals surface area (Å²) in [6.07, 6.45) is 2.30. The Morgan fingerprint density at radius 3 is 2.50 bits per heavy atom. The molecule has 1 atom stereocenters. The van der Waals surface area contributed by atoms with E-state index in [0.717, 1.165) is 19.5 Å². The summed E-state index contributed by atoms with van der Waals surface area (Å²) in [6, 6.07) is 3.07. The maximum atomic E-state index is 4.18. The van der Waals surface area contributed by atoms with Gasteiger partial charge in [0.05, 0.1) is 12.1 Å². The quantitative estimate of drug-likeness (QED) is 0.631. The first-order valence-electron chi connectivity index (χ1n) is 4.93. The van der Waals surface area contributed by atoms with Gasteiger partial charge in [-0.25, -0.2) is 9.98 Å². The van der Waals surface area contributed by atoms with Crippen molar-refractivity contribution < 1.29 is 0 Å². The fourth-order valence-corrected chi connectivity index (χ4v) is 0.978. The number of nitrogens with zero attached hydrogens (tertiary/aromatic N) is 3. The topological polar surface area (TPSA) is 28.0 Å². The van der Waals surface area contributed by atoms with Crippen molar-refractivity contribution in [3.63, 3.8) is 0 Å². The summed E-state index contributed by atoms with van der Waals surface area (Å²) >= 11 is 0. The van der Waals surface area contributed by atoms with E-state index in [1.807, 2.05) is 6.92 Å². The van der Waals surface area contributed by atoms with Crippen LogP contribution in [-0.4, -0.2) is 44.1 Å². The standard InChI is InChI=1S/C10H21N3.ClH/c1-5-11-9-12-10(2)7-6-8-13(3)4;/h10H,5-8H2,1-4H3;1H. The Labute approximate surface area is 93.7 Å². The van der Waals surface area contributed by atoms with Gasteiger partial charge in [-0.05, 0) is 47.3 Å². The summed E-state index contributed by atoms with van der Waals surface area (Å²) in [5, 5.41) is 0. The smallest absolute Gasteiger partial charge is 0.0895 e. The van der Waals surface area contributed by atoms with Gasteiger partial charge in [-0.2, -0.15) is 0 Å². The van der Waals surface area contributed by atoms with E-state index in [-0.39, 0.29) is 12.4 Å². The Kier molecular flexibility index (Phi) is 12.3. The van der Waals surface area contributed by atoms with Crippen LogP contribution >= 0.6 is 12.4 Å². The van der Waals surface area contributed by atoms with Gasteiger partial charge in [0.25, 0.3) is 0 Å². The molecule has 0 N–H and O–H groups in total. The summed E-state index contributed by atoms with van der Waals surface area (Å²) in [7, 11) is 4.18. The van der Waals surface area contributed by atoms with E-state index in [9.17, 15) is 0 Å². The normalized spacial score (nSPS) is 11.5. The second-order valence-corrected chi connectivity index (χ2v) is 3.50. The average molecular weight is 220 g/mol. The van der Waals surface area contributed by atoms with E-state index < -0.39 is 0 Å². The van der Waals surface area contributed by atoms with Gasteiger partial charge in [0.2, 0.25) is 0 Å². The van der Waals surface area contributed by atoms with E-state index in [2.05, 4.69) is 41.9 Å². The van der Waals surface area contributed by atoms with Crippen LogP contribution < -0.4 is 0 Å². The monoisotopic (exact) mass is 219 g/mol. The van der Waals surface area contributed by atoms with Gasteiger partial charge in [0.1, 0.15) is 0 Å². The molecule has 0 saturated carbocycles. The van der Waals surface area contributed by atoms with Crippen LogP contribution in [0.2, 0.25) is 0 Å². The van der Waals surface area contributed by atoms with Crippen molar-refractivity contribution in [2.24, 2.45) is 9.98 Å². The van der Waals surface area contributed by atoms with Crippen molar-refractivity contribution in [2.45, 2.75) is 32.7 Å². The lowest BCUT2D eigenvalue weighted by Gasteiger charge is -2.09. The molecular formula is C10H22ClN3. The minimum atomic E-state index is 0. The average Bonchev–Trinajstić information content (AvgIpc) is 2.04. The van der Waals surface area contributed by atoms with Gasteiger partial charge >= 0.3 is 0 Å². The molecule has 0 amide bonds. The summed E-state index contributed by atoms with van der Waals surface area (Å²) in [6.45, 7) is 5.99. The van der Waals surface area contributed by atoms with E-state index in [0.29, 0.717) is 6.04 Å². The Morgan fingerprint density at radius 2 is 2.00 bits per heavy atom. The highest BCUT2D eigenvalue weighted by molar-refractivity contribution is 5.85. The molecule has 0 fully saturated rings. The molecule has 0 aromatic heterocycles. The SMILES string of the molecule is CCN=C=NC(C)CCCN(C)C.Cl. The van der Waals surface area contributed by atoms with E-state index >= 15 is 0 Å². The Balaban J connectivity index is 0. The number of halogens is 1. The maximum absolute atomic E-state index is 4.18. The van der Waals surface area contributed by atoms with Crippen molar-refractivity contribution in [1.29, 1.82) is 0 Å². The van der Waals surface area contributed by atoms with Crippen molar-refractivity contribution in [2.75, 3.05) is 27.2 Å². The summed E-state index contributed by atoms with van der Waals surface area (Å²) in [5.41, 5.74) is 0. The van der Waals surface area contributed by atoms with Crippen molar-refractivity contribution in [3.8, 4) is 0 Å². The molecule has 0 aromatic rings. The molecule has 1 unspecified atom stereocenters. The third kappa shape index (κ3) is 11.6. The van der Waals surface area contributed by atoms with E-state index in [1.165, 1.54) is 6.42 Å². The molecule has 0 bridgehead atoms. The number of aliphatic imine (C=N–C) groups is 2. The first-order chi connectivity index (χ1) is 6.16. The molecule has 0 spiro atoms. The molecule has 0 aliphatic carbocycles. The number of rotatable bonds is 6. The lowest BCUT2D eigenvalue weighted by Crippen LogP contribution is -2.14. The lowest BCUT2D eigenvalue weighted by molar-refractivity contribution is 0.388. The highest BCUT2D eigenvalue weighted by Gasteiger charge is 1.98. The molecule has 0 rings (SSSR count). The van der Waals surface area contributed by atoms with Gasteiger partial charge < -0.3 is 4.90 Å². The maximum Gasteiger partial charge on any atom is 0.0895 e. The van der Waals surface area contributed by atoms with Crippen LogP contribution in [0.5, 0.6) is 0 Å². The van der Waals surface area contributed by atoms with Crippen LogP contribution in [0.4, 0.5) is 0 Å². The summed E-state index contributed by atoms with van der Waals surface area (Å²) < 4.78 is 0. The van der Waals surface area contributed by atoms with Gasteiger partial charge in [-0.1, -0.05) is 0 Å². The number of hydrogen-bond acceptors (Lipinski definition) is 3. The highest BCUT2D eigenvalue weighted by Crippen LogP contribution is 2.00. The molecule has 0 radical (unpaired) electrons. The predicted molar refractivity (Wildman–Crippen MR) is 64.9 cm³/mol. The molecule has 14 heavy (non-hydrogen) atoms. The van der Waals surface area contributed by atoms with Crippen LogP contribution in [0.15, 0.2) is 9.98 Å². The highest BCUT2D eigenvalue weighted by atomic mass is 35.5. The zero-order chi connectivity index (χ0) is 10.1. The van der Waals surface area contributed by atoms with Crippen molar-refractivity contribution in [3.05, 3.63) is 0 Å². The van der Waals surface area contributed by atoms with Crippen molar-refractivity contribution >= 4 is 18.4 Å². The molecule has 0 aliphatic heterocycles. The minimum Gasteiger partial charge on any atom is -0.309 e. The van der Waals surface area contributed by atoms with Gasteiger partial charge in [-0.15, -0.1) is 12.4 Å². The number of hydrogen-bond donors (Lipinski definition) is 0. The van der Waals surface area contributed by atoms with Gasteiger partial charge in [-0.3, -0.25) is 0 Å². The van der Waals surface area contributed by atoms with Crippen LogP contribution in [0.3, 0.4) is 0 Å². The molecule has 0 saturated heterocycles. The minimum absolute atomic E-state index is 0. The van der Waals surface area contributed by atoms with Crippen LogP contribution in [-0.2, 0) is 0 Å². The lowest BCUT2D eigenvalue weighted by atomic mass is 10.2. The molecule has 0 aliphatic rings. The largest absolute Gasteiger partial charge is 0.309 e. The van der Waals surface area contributed by atoms with Gasteiger partial charge in [0.15, 0.2) is 0 Å². The van der Waals surface area contributed by atoms with E-state index in [1.54, 1.807) is 0 Å². The van der Waals surface area contributed by atoms with Crippen LogP contribution in [0, 0.1) is 0 Å². The predicted octanol–water partition coefficient (Wildman–Crippen LogP) is 2.33. The third-order valence-electron chi connectivity index (χ3n) is 1.73. The fourth-order valence-electron chi connectivity index (χ4n) is 0.978. The summed E-state index contributed by atoms with van der Waals surface area (Å²) in [4.78, 5) is 10.3. The second kappa shape index (κ2) is 10.7. The Bertz CT molecular complexity index is 174. The molecule has 84 valence electrons. The molecule has 0 heterocycles. The fraction of sp³-hybridized carbons (Fsp3) is 0.900. The van der Waals surface area contributed by atoms with E-state index in [4.69, 9.17) is 0 Å². The zero-order valence-electron chi connectivity index (χ0n) is 9.66. The van der Waals surface area contributed by atoms with Crippen LogP contribution in [0.1, 0.15) is 26.7 Å². The Morgan fingerprint density at radius 1 is 1.36 bits per heavy atom. The first kappa shape index (κ1) is 16.1. The zero-order valence-corrected chi connectivity index (χ0v) is 10.5. The molecule has 4 heteroatoms. The van der Waals surface area contributed by atoms with Crippen LogP contribution in [0.25, 0.3) is 0 Å². The molecule has 3 nitrogen and oxygen atoms in total. The summed E-state index contributed by atoms with van der Waals surface area (Å²) in [5.74, 6) is 0. The molecular weight excluding hydrogens is 198 g/mol. The van der Waals surface area contributed by atoms with Gasteiger partial charge in [0, 0.05) is 6.54 Å². The first-order valence-corrected chi connectivity index (χ1v) is 4.93. The second-order valence-electron chi connectivity index (χ2n) is 3.50. The Hall–Kier alpha value is -0.370. The van der Waals surface area contributed by atoms with Crippen molar-refractivity contribution in [1.82, 2.24) is 4.90 Å². The molecule has 0 aromatic carbocycles.